The van der Waals surface area contributed by atoms with Gasteiger partial charge < -0.3 is 10.8 Å². The molecule has 1 aromatic carbocycles. The van der Waals surface area contributed by atoms with Crippen LogP contribution in [0.5, 0.6) is 0 Å². The van der Waals surface area contributed by atoms with Gasteiger partial charge in [0.05, 0.1) is 6.61 Å². The minimum atomic E-state index is -0.214. The smallest absolute Gasteiger partial charge is 0.127 e. The zero-order valence-corrected chi connectivity index (χ0v) is 9.62. The summed E-state index contributed by atoms with van der Waals surface area (Å²) in [5, 5.41) is 8.86. The second-order valence-corrected chi connectivity index (χ2v) is 3.72. The summed E-state index contributed by atoms with van der Waals surface area (Å²) in [6.45, 7) is 4.35. The van der Waals surface area contributed by atoms with Crippen LogP contribution in [0.2, 0.25) is 0 Å². The Hall–Kier alpha value is -0.970. The normalized spacial score (nSPS) is 11.1. The van der Waals surface area contributed by atoms with E-state index in [2.05, 4.69) is 0 Å². The van der Waals surface area contributed by atoms with E-state index >= 15 is 0 Å². The van der Waals surface area contributed by atoms with E-state index in [0.717, 1.165) is 12.1 Å². The fraction of sp³-hybridized carbons (Fsp3) is 0.500. The van der Waals surface area contributed by atoms with Crippen molar-refractivity contribution < 1.29 is 9.50 Å². The first-order valence-corrected chi connectivity index (χ1v) is 5.51. The maximum absolute atomic E-state index is 13.5. The van der Waals surface area contributed by atoms with Crippen LogP contribution in [0.1, 0.15) is 18.1 Å². The zero-order chi connectivity index (χ0) is 12.0. The Morgan fingerprint density at radius 3 is 2.75 bits per heavy atom. The van der Waals surface area contributed by atoms with Crippen molar-refractivity contribution >= 4 is 0 Å². The Labute approximate surface area is 95.7 Å². The highest BCUT2D eigenvalue weighted by Crippen LogP contribution is 2.12. The van der Waals surface area contributed by atoms with Gasteiger partial charge in [0.2, 0.25) is 0 Å². The Bertz CT molecular complexity index is 331. The Balaban J connectivity index is 2.77. The van der Waals surface area contributed by atoms with Gasteiger partial charge in [-0.15, -0.1) is 0 Å². The predicted octanol–water partition coefficient (Wildman–Crippen LogP) is 1.10. The van der Waals surface area contributed by atoms with E-state index in [4.69, 9.17) is 10.8 Å². The Morgan fingerprint density at radius 2 is 2.19 bits per heavy atom. The van der Waals surface area contributed by atoms with Crippen molar-refractivity contribution in [3.05, 3.63) is 35.1 Å². The minimum absolute atomic E-state index is 0.0893. The molecule has 0 heterocycles. The lowest BCUT2D eigenvalue weighted by atomic mass is 10.1. The minimum Gasteiger partial charge on any atom is -0.395 e. The lowest BCUT2D eigenvalue weighted by Gasteiger charge is -2.19. The van der Waals surface area contributed by atoms with Crippen molar-refractivity contribution in [1.29, 1.82) is 0 Å². The molecule has 3 nitrogen and oxygen atoms in total. The van der Waals surface area contributed by atoms with Crippen LogP contribution in [0, 0.1) is 5.82 Å². The molecule has 0 fully saturated rings. The lowest BCUT2D eigenvalue weighted by Crippen LogP contribution is -2.26. The lowest BCUT2D eigenvalue weighted by molar-refractivity contribution is 0.195. The highest BCUT2D eigenvalue weighted by atomic mass is 19.1. The number of hydrogen-bond acceptors (Lipinski definition) is 3. The third-order valence-corrected chi connectivity index (χ3v) is 2.60. The molecule has 0 unspecified atom stereocenters. The molecule has 1 aromatic rings. The van der Waals surface area contributed by atoms with Crippen molar-refractivity contribution in [3.8, 4) is 0 Å². The molecule has 3 N–H and O–H groups in total. The number of nitrogens with zero attached hydrogens (tertiary/aromatic N) is 1. The molecule has 0 aromatic heterocycles. The van der Waals surface area contributed by atoms with Crippen LogP contribution in [-0.2, 0) is 13.1 Å². The summed E-state index contributed by atoms with van der Waals surface area (Å²) in [6, 6.07) is 4.93. The number of rotatable bonds is 6. The molecule has 0 atom stereocenters. The zero-order valence-electron chi connectivity index (χ0n) is 9.62. The van der Waals surface area contributed by atoms with E-state index in [0.29, 0.717) is 25.2 Å². The molecular weight excluding hydrogens is 207 g/mol. The van der Waals surface area contributed by atoms with E-state index in [-0.39, 0.29) is 12.4 Å². The monoisotopic (exact) mass is 226 g/mol. The van der Waals surface area contributed by atoms with Crippen molar-refractivity contribution in [2.24, 2.45) is 5.73 Å². The SMILES string of the molecule is CCN(CCO)Cc1cc(CN)ccc1F. The van der Waals surface area contributed by atoms with Crippen LogP contribution in [0.3, 0.4) is 0 Å². The molecule has 0 amide bonds. The summed E-state index contributed by atoms with van der Waals surface area (Å²) in [6.07, 6.45) is 0. The van der Waals surface area contributed by atoms with Gasteiger partial charge in [-0.25, -0.2) is 4.39 Å². The third-order valence-electron chi connectivity index (χ3n) is 2.60. The summed E-state index contributed by atoms with van der Waals surface area (Å²) >= 11 is 0. The standard InChI is InChI=1S/C12H19FN2O/c1-2-15(5-6-16)9-11-7-10(8-14)3-4-12(11)13/h3-4,7,16H,2,5-6,8-9,14H2,1H3. The van der Waals surface area contributed by atoms with Gasteiger partial charge in [0.25, 0.3) is 0 Å². The molecule has 0 bridgehead atoms. The summed E-state index contributed by atoms with van der Waals surface area (Å²) in [5.74, 6) is -0.214. The molecule has 0 aliphatic rings. The maximum Gasteiger partial charge on any atom is 0.127 e. The Morgan fingerprint density at radius 1 is 1.44 bits per heavy atom. The van der Waals surface area contributed by atoms with Gasteiger partial charge >= 0.3 is 0 Å². The molecule has 0 aliphatic carbocycles. The molecule has 0 aliphatic heterocycles. The third kappa shape index (κ3) is 3.56. The van der Waals surface area contributed by atoms with Gasteiger partial charge in [0, 0.05) is 25.2 Å². The molecule has 0 saturated carbocycles. The summed E-state index contributed by atoms with van der Waals surface area (Å²) in [7, 11) is 0. The van der Waals surface area contributed by atoms with Crippen LogP contribution >= 0.6 is 0 Å². The first-order chi connectivity index (χ1) is 7.71. The summed E-state index contributed by atoms with van der Waals surface area (Å²) in [5.41, 5.74) is 7.08. The van der Waals surface area contributed by atoms with E-state index in [1.165, 1.54) is 6.07 Å². The van der Waals surface area contributed by atoms with Crippen LogP contribution < -0.4 is 5.73 Å². The maximum atomic E-state index is 13.5. The van der Waals surface area contributed by atoms with E-state index in [9.17, 15) is 4.39 Å². The quantitative estimate of drug-likeness (QED) is 0.763. The van der Waals surface area contributed by atoms with Crippen molar-refractivity contribution in [2.75, 3.05) is 19.7 Å². The molecule has 90 valence electrons. The molecule has 4 heteroatoms. The molecule has 16 heavy (non-hydrogen) atoms. The van der Waals surface area contributed by atoms with Crippen LogP contribution in [-0.4, -0.2) is 29.7 Å². The highest BCUT2D eigenvalue weighted by molar-refractivity contribution is 5.25. The molecule has 0 spiro atoms. The fourth-order valence-corrected chi connectivity index (χ4v) is 1.61. The largest absolute Gasteiger partial charge is 0.395 e. The van der Waals surface area contributed by atoms with Crippen molar-refractivity contribution in [3.63, 3.8) is 0 Å². The first kappa shape index (κ1) is 13.1. The van der Waals surface area contributed by atoms with Gasteiger partial charge in [-0.2, -0.15) is 0 Å². The number of nitrogens with two attached hydrogens (primary N) is 1. The van der Waals surface area contributed by atoms with E-state index in [1.54, 1.807) is 12.1 Å². The Kier molecular flexibility index (Phi) is 5.38. The number of aliphatic hydroxyl groups excluding tert-OH is 1. The number of likely N-dealkylation sites (N-methyl/N-ethyl adjacent to an activating group) is 1. The van der Waals surface area contributed by atoms with Gasteiger partial charge in [-0.3, -0.25) is 4.90 Å². The average Bonchev–Trinajstić information content (AvgIpc) is 2.31. The van der Waals surface area contributed by atoms with Crippen molar-refractivity contribution in [2.45, 2.75) is 20.0 Å². The number of aliphatic hydroxyl groups is 1. The summed E-state index contributed by atoms with van der Waals surface area (Å²) < 4.78 is 13.5. The van der Waals surface area contributed by atoms with Crippen molar-refractivity contribution in [1.82, 2.24) is 4.90 Å². The van der Waals surface area contributed by atoms with Gasteiger partial charge in [0.1, 0.15) is 5.82 Å². The number of halogens is 1. The van der Waals surface area contributed by atoms with E-state index < -0.39 is 0 Å². The van der Waals surface area contributed by atoms with Crippen LogP contribution in [0.4, 0.5) is 4.39 Å². The van der Waals surface area contributed by atoms with Gasteiger partial charge in [0.15, 0.2) is 0 Å². The fourth-order valence-electron chi connectivity index (χ4n) is 1.61. The topological polar surface area (TPSA) is 49.5 Å². The van der Waals surface area contributed by atoms with Gasteiger partial charge in [-0.1, -0.05) is 19.1 Å². The molecular formula is C12H19FN2O. The second-order valence-electron chi connectivity index (χ2n) is 3.72. The first-order valence-electron chi connectivity index (χ1n) is 5.51. The van der Waals surface area contributed by atoms with E-state index in [1.807, 2.05) is 11.8 Å². The molecule has 0 saturated heterocycles. The summed E-state index contributed by atoms with van der Waals surface area (Å²) in [4.78, 5) is 1.98. The van der Waals surface area contributed by atoms with Crippen LogP contribution in [0.15, 0.2) is 18.2 Å². The van der Waals surface area contributed by atoms with Gasteiger partial charge in [-0.05, 0) is 18.2 Å². The average molecular weight is 226 g/mol. The van der Waals surface area contributed by atoms with Crippen LogP contribution in [0.25, 0.3) is 0 Å². The molecule has 0 radical (unpaired) electrons. The predicted molar refractivity (Wildman–Crippen MR) is 62.3 cm³/mol. The number of benzene rings is 1. The second kappa shape index (κ2) is 6.58. The highest BCUT2D eigenvalue weighted by Gasteiger charge is 2.08. The number of hydrogen-bond donors (Lipinski definition) is 2. The molecule has 1 rings (SSSR count).